The van der Waals surface area contributed by atoms with Crippen molar-refractivity contribution in [3.63, 3.8) is 0 Å². The minimum absolute atomic E-state index is 0.0764. The number of carbonyl (C=O) groups is 1. The van der Waals surface area contributed by atoms with Gasteiger partial charge < -0.3 is 13.9 Å². The molecule has 184 valence electrons. The fourth-order valence-electron chi connectivity index (χ4n) is 4.69. The fourth-order valence-corrected chi connectivity index (χ4v) is 4.69. The number of nitrogens with zero attached hydrogens (tertiary/aromatic N) is 1. The average Bonchev–Trinajstić information content (AvgIpc) is 3.20. The molecule has 1 aromatic heterocycles. The van der Waals surface area contributed by atoms with Crippen LogP contribution in [0.2, 0.25) is 0 Å². The molecule has 3 aromatic carbocycles. The molecule has 6 heteroatoms. The monoisotopic (exact) mass is 483 g/mol. The Morgan fingerprint density at radius 2 is 1.67 bits per heavy atom. The maximum absolute atomic E-state index is 13.8. The molecule has 36 heavy (non-hydrogen) atoms. The van der Waals surface area contributed by atoms with E-state index < -0.39 is 6.04 Å². The number of para-hydroxylation sites is 1. The van der Waals surface area contributed by atoms with Gasteiger partial charge in [0, 0.05) is 5.69 Å². The van der Waals surface area contributed by atoms with E-state index in [-0.39, 0.29) is 17.1 Å². The van der Waals surface area contributed by atoms with Crippen molar-refractivity contribution >= 4 is 22.6 Å². The van der Waals surface area contributed by atoms with Gasteiger partial charge in [-0.3, -0.25) is 14.5 Å². The number of fused-ring (bicyclic) bond motifs is 2. The first kappa shape index (κ1) is 23.7. The largest absolute Gasteiger partial charge is 0.490 e. The summed E-state index contributed by atoms with van der Waals surface area (Å²) in [7, 11) is 0. The van der Waals surface area contributed by atoms with Crippen molar-refractivity contribution in [1.82, 2.24) is 0 Å². The Morgan fingerprint density at radius 3 is 2.39 bits per heavy atom. The standard InChI is InChI=1S/C30H29NO5/c1-4-17-35-24-16-13-20(18-25(24)34-6-3)27-26-28(32)22-9-7-8-10-23(22)36-29(26)30(33)31(27)21-14-11-19(5-2)12-15-21/h7-16,18,27H,4-6,17H2,1-3H3. The zero-order chi connectivity index (χ0) is 25.2. The maximum Gasteiger partial charge on any atom is 0.295 e. The van der Waals surface area contributed by atoms with Gasteiger partial charge in [0.15, 0.2) is 16.9 Å². The lowest BCUT2D eigenvalue weighted by atomic mass is 9.97. The van der Waals surface area contributed by atoms with Crippen LogP contribution >= 0.6 is 0 Å². The molecule has 0 fully saturated rings. The summed E-state index contributed by atoms with van der Waals surface area (Å²) in [5, 5.41) is 0.449. The van der Waals surface area contributed by atoms with Crippen LogP contribution in [0, 0.1) is 0 Å². The van der Waals surface area contributed by atoms with Crippen molar-refractivity contribution in [2.75, 3.05) is 18.1 Å². The Balaban J connectivity index is 1.72. The lowest BCUT2D eigenvalue weighted by Crippen LogP contribution is -2.29. The van der Waals surface area contributed by atoms with Crippen molar-refractivity contribution < 1.29 is 18.7 Å². The van der Waals surface area contributed by atoms with Crippen molar-refractivity contribution in [3.8, 4) is 11.5 Å². The third kappa shape index (κ3) is 4.02. The van der Waals surface area contributed by atoms with E-state index in [9.17, 15) is 9.59 Å². The molecule has 2 heterocycles. The van der Waals surface area contributed by atoms with Gasteiger partial charge in [-0.05, 0) is 67.3 Å². The molecule has 1 aliphatic heterocycles. The number of rotatable bonds is 8. The summed E-state index contributed by atoms with van der Waals surface area (Å²) >= 11 is 0. The lowest BCUT2D eigenvalue weighted by molar-refractivity contribution is 0.0971. The van der Waals surface area contributed by atoms with Crippen LogP contribution in [0.25, 0.3) is 11.0 Å². The second-order valence-electron chi connectivity index (χ2n) is 8.76. The Labute approximate surface area is 210 Å². The molecule has 0 spiro atoms. The average molecular weight is 484 g/mol. The molecule has 0 radical (unpaired) electrons. The van der Waals surface area contributed by atoms with Crippen LogP contribution in [0.4, 0.5) is 5.69 Å². The van der Waals surface area contributed by atoms with E-state index in [1.807, 2.05) is 56.3 Å². The predicted molar refractivity (Wildman–Crippen MR) is 140 cm³/mol. The maximum atomic E-state index is 13.8. The van der Waals surface area contributed by atoms with Crippen molar-refractivity contribution in [3.05, 3.63) is 99.4 Å². The zero-order valence-electron chi connectivity index (χ0n) is 20.7. The summed E-state index contributed by atoms with van der Waals surface area (Å²) in [6.45, 7) is 7.06. The third-order valence-electron chi connectivity index (χ3n) is 6.45. The minimum atomic E-state index is -0.666. The van der Waals surface area contributed by atoms with Crippen molar-refractivity contribution in [2.45, 2.75) is 39.7 Å². The molecule has 1 atom stereocenters. The summed E-state index contributed by atoms with van der Waals surface area (Å²) < 4.78 is 17.8. The van der Waals surface area contributed by atoms with Crippen molar-refractivity contribution in [2.24, 2.45) is 0 Å². The molecule has 0 saturated heterocycles. The highest BCUT2D eigenvalue weighted by atomic mass is 16.5. The number of aryl methyl sites for hydroxylation is 1. The van der Waals surface area contributed by atoms with Gasteiger partial charge in [-0.25, -0.2) is 0 Å². The predicted octanol–water partition coefficient (Wildman–Crippen LogP) is 6.29. The first-order chi connectivity index (χ1) is 17.6. The van der Waals surface area contributed by atoms with Gasteiger partial charge in [-0.1, -0.05) is 44.2 Å². The summed E-state index contributed by atoms with van der Waals surface area (Å²) in [5.41, 5.74) is 3.13. The van der Waals surface area contributed by atoms with E-state index in [1.165, 1.54) is 0 Å². The molecular weight excluding hydrogens is 454 g/mol. The van der Waals surface area contributed by atoms with Crippen LogP contribution in [-0.4, -0.2) is 19.1 Å². The summed E-state index contributed by atoms with van der Waals surface area (Å²) in [5.74, 6) is 0.950. The fraction of sp³-hybridized carbons (Fsp3) is 0.267. The number of ether oxygens (including phenoxy) is 2. The second-order valence-corrected chi connectivity index (χ2v) is 8.76. The van der Waals surface area contributed by atoms with Crippen LogP contribution in [0.15, 0.2) is 75.9 Å². The lowest BCUT2D eigenvalue weighted by Gasteiger charge is -2.26. The molecule has 5 rings (SSSR count). The Bertz CT molecular complexity index is 1470. The highest BCUT2D eigenvalue weighted by molar-refractivity contribution is 6.10. The minimum Gasteiger partial charge on any atom is -0.490 e. The van der Waals surface area contributed by atoms with E-state index in [2.05, 4.69) is 6.92 Å². The number of hydrogen-bond acceptors (Lipinski definition) is 5. The van der Waals surface area contributed by atoms with Gasteiger partial charge in [-0.2, -0.15) is 0 Å². The third-order valence-corrected chi connectivity index (χ3v) is 6.45. The second kappa shape index (κ2) is 9.90. The highest BCUT2D eigenvalue weighted by Gasteiger charge is 2.43. The molecule has 0 saturated carbocycles. The molecular formula is C30H29NO5. The van der Waals surface area contributed by atoms with Crippen molar-refractivity contribution in [1.29, 1.82) is 0 Å². The van der Waals surface area contributed by atoms with E-state index in [4.69, 9.17) is 13.9 Å². The van der Waals surface area contributed by atoms with Gasteiger partial charge in [0.05, 0.1) is 30.2 Å². The van der Waals surface area contributed by atoms with E-state index >= 15 is 0 Å². The van der Waals surface area contributed by atoms with E-state index in [1.54, 1.807) is 29.2 Å². The molecule has 0 N–H and O–H groups in total. The summed E-state index contributed by atoms with van der Waals surface area (Å²) in [6.07, 6.45) is 1.76. The molecule has 0 bridgehead atoms. The van der Waals surface area contributed by atoms with Crippen LogP contribution in [-0.2, 0) is 6.42 Å². The SMILES string of the molecule is CCCOc1ccc(C2c3c(oc4ccccc4c3=O)C(=O)N2c2ccc(CC)cc2)cc1OCC. The van der Waals surface area contributed by atoms with Gasteiger partial charge >= 0.3 is 0 Å². The Kier molecular flexibility index (Phi) is 6.51. The first-order valence-corrected chi connectivity index (χ1v) is 12.4. The summed E-state index contributed by atoms with van der Waals surface area (Å²) in [4.78, 5) is 29.2. The van der Waals surface area contributed by atoms with E-state index in [0.29, 0.717) is 46.9 Å². The smallest absolute Gasteiger partial charge is 0.295 e. The summed E-state index contributed by atoms with van der Waals surface area (Å²) in [6, 6.07) is 19.8. The Hall–Kier alpha value is -4.06. The zero-order valence-corrected chi connectivity index (χ0v) is 20.7. The van der Waals surface area contributed by atoms with Crippen LogP contribution < -0.4 is 19.8 Å². The molecule has 1 amide bonds. The van der Waals surface area contributed by atoms with Gasteiger partial charge in [0.2, 0.25) is 5.76 Å². The van der Waals surface area contributed by atoms with Crippen LogP contribution in [0.1, 0.15) is 60.5 Å². The normalized spacial score (nSPS) is 14.8. The van der Waals surface area contributed by atoms with Gasteiger partial charge in [-0.15, -0.1) is 0 Å². The highest BCUT2D eigenvalue weighted by Crippen LogP contribution is 2.43. The number of hydrogen-bond donors (Lipinski definition) is 0. The topological polar surface area (TPSA) is 69.0 Å². The quantitative estimate of drug-likeness (QED) is 0.294. The van der Waals surface area contributed by atoms with Crippen LogP contribution in [0.5, 0.6) is 11.5 Å². The number of carbonyl (C=O) groups excluding carboxylic acids is 1. The number of anilines is 1. The number of benzene rings is 3. The van der Waals surface area contributed by atoms with Crippen LogP contribution in [0.3, 0.4) is 0 Å². The van der Waals surface area contributed by atoms with Gasteiger partial charge in [0.1, 0.15) is 5.58 Å². The molecule has 0 aliphatic carbocycles. The number of amides is 1. The molecule has 6 nitrogen and oxygen atoms in total. The molecule has 1 unspecified atom stereocenters. The molecule has 4 aromatic rings. The van der Waals surface area contributed by atoms with E-state index in [0.717, 1.165) is 24.0 Å². The molecule has 1 aliphatic rings. The van der Waals surface area contributed by atoms with Gasteiger partial charge in [0.25, 0.3) is 5.91 Å². The first-order valence-electron chi connectivity index (χ1n) is 12.4. The Morgan fingerprint density at radius 1 is 0.889 bits per heavy atom.